The molecule has 1 atom stereocenters. The average molecular weight is 292 g/mol. The molecule has 1 aromatic rings. The molecule has 1 saturated heterocycles. The lowest BCUT2D eigenvalue weighted by atomic mass is 10.0. The number of hydrogen-bond donors (Lipinski definition) is 3. The van der Waals surface area contributed by atoms with E-state index in [0.29, 0.717) is 24.2 Å². The van der Waals surface area contributed by atoms with Gasteiger partial charge in [0.15, 0.2) is 0 Å². The number of nitrogens with one attached hydrogen (secondary N) is 1. The Hall–Kier alpha value is -2.08. The lowest BCUT2D eigenvalue weighted by molar-refractivity contribution is 0.0695. The van der Waals surface area contributed by atoms with Crippen LogP contribution in [-0.2, 0) is 0 Å². The quantitative estimate of drug-likeness (QED) is 0.777. The van der Waals surface area contributed by atoms with Crippen molar-refractivity contribution in [1.29, 1.82) is 0 Å². The SMILES string of the molecule is Cc1cc(NC(=O)N2CCC(C)(O)C2)cc(C(=O)O)c1C. The van der Waals surface area contributed by atoms with Gasteiger partial charge in [-0.2, -0.15) is 0 Å². The van der Waals surface area contributed by atoms with Crippen LogP contribution >= 0.6 is 0 Å². The maximum Gasteiger partial charge on any atom is 0.336 e. The summed E-state index contributed by atoms with van der Waals surface area (Å²) in [6.45, 7) is 5.99. The predicted octanol–water partition coefficient (Wildman–Crippen LogP) is 1.99. The van der Waals surface area contributed by atoms with E-state index in [9.17, 15) is 19.8 Å². The number of hydrogen-bond acceptors (Lipinski definition) is 3. The number of carbonyl (C=O) groups is 2. The molecule has 6 heteroatoms. The van der Waals surface area contributed by atoms with Gasteiger partial charge in [-0.3, -0.25) is 0 Å². The number of aliphatic hydroxyl groups is 1. The number of rotatable bonds is 2. The van der Waals surface area contributed by atoms with Crippen molar-refractivity contribution in [3.8, 4) is 0 Å². The van der Waals surface area contributed by atoms with Crippen LogP contribution in [0.1, 0.15) is 34.8 Å². The summed E-state index contributed by atoms with van der Waals surface area (Å²) in [6.07, 6.45) is 0.535. The van der Waals surface area contributed by atoms with Gasteiger partial charge in [0.05, 0.1) is 17.7 Å². The van der Waals surface area contributed by atoms with Crippen molar-refractivity contribution in [3.63, 3.8) is 0 Å². The fourth-order valence-corrected chi connectivity index (χ4v) is 2.47. The second-order valence-electron chi connectivity index (χ2n) is 5.87. The first-order valence-corrected chi connectivity index (χ1v) is 6.82. The number of β-amino-alcohol motifs (C(OH)–C–C–N with tert-alkyl or cyclic N) is 1. The molecule has 0 radical (unpaired) electrons. The Morgan fingerprint density at radius 1 is 1.33 bits per heavy atom. The van der Waals surface area contributed by atoms with Crippen LogP contribution in [0, 0.1) is 13.8 Å². The minimum atomic E-state index is -1.02. The summed E-state index contributed by atoms with van der Waals surface area (Å²) in [7, 11) is 0. The monoisotopic (exact) mass is 292 g/mol. The highest BCUT2D eigenvalue weighted by Gasteiger charge is 2.34. The van der Waals surface area contributed by atoms with E-state index in [2.05, 4.69) is 5.32 Å². The van der Waals surface area contributed by atoms with Gasteiger partial charge in [0.2, 0.25) is 0 Å². The van der Waals surface area contributed by atoms with Gasteiger partial charge in [-0.05, 0) is 50.5 Å². The Morgan fingerprint density at radius 2 is 2.00 bits per heavy atom. The zero-order valence-electron chi connectivity index (χ0n) is 12.4. The third-order valence-corrected chi connectivity index (χ3v) is 3.89. The van der Waals surface area contributed by atoms with Crippen molar-refractivity contribution in [1.82, 2.24) is 4.90 Å². The summed E-state index contributed by atoms with van der Waals surface area (Å²) in [5.74, 6) is -1.02. The van der Waals surface area contributed by atoms with E-state index in [4.69, 9.17) is 0 Å². The number of aryl methyl sites for hydroxylation is 1. The number of urea groups is 1. The number of likely N-dealkylation sites (tertiary alicyclic amines) is 1. The van der Waals surface area contributed by atoms with Crippen molar-refractivity contribution >= 4 is 17.7 Å². The minimum Gasteiger partial charge on any atom is -0.478 e. The molecular formula is C15H20N2O4. The van der Waals surface area contributed by atoms with Gasteiger partial charge < -0.3 is 20.4 Å². The number of carbonyl (C=O) groups excluding carboxylic acids is 1. The van der Waals surface area contributed by atoms with Gasteiger partial charge in [-0.25, -0.2) is 9.59 Å². The number of amides is 2. The summed E-state index contributed by atoms with van der Waals surface area (Å²) in [6, 6.07) is 2.87. The zero-order chi connectivity index (χ0) is 15.8. The first kappa shape index (κ1) is 15.3. The van der Waals surface area contributed by atoms with Crippen molar-refractivity contribution in [2.45, 2.75) is 32.8 Å². The molecular weight excluding hydrogens is 272 g/mol. The number of nitrogens with zero attached hydrogens (tertiary/aromatic N) is 1. The van der Waals surface area contributed by atoms with Gasteiger partial charge in [0, 0.05) is 12.2 Å². The second-order valence-corrected chi connectivity index (χ2v) is 5.87. The first-order valence-electron chi connectivity index (χ1n) is 6.82. The molecule has 1 fully saturated rings. The van der Waals surface area contributed by atoms with Crippen molar-refractivity contribution in [2.75, 3.05) is 18.4 Å². The molecule has 0 bridgehead atoms. The van der Waals surface area contributed by atoms with E-state index < -0.39 is 11.6 Å². The van der Waals surface area contributed by atoms with Gasteiger partial charge in [0.25, 0.3) is 0 Å². The molecule has 1 aliphatic heterocycles. The molecule has 0 aliphatic carbocycles. The molecule has 3 N–H and O–H groups in total. The van der Waals surface area contributed by atoms with E-state index in [1.807, 2.05) is 0 Å². The largest absolute Gasteiger partial charge is 0.478 e. The lowest BCUT2D eigenvalue weighted by Crippen LogP contribution is -2.36. The Bertz CT molecular complexity index is 596. The number of carboxylic acid groups (broad SMARTS) is 1. The Kier molecular flexibility index (Phi) is 3.91. The van der Waals surface area contributed by atoms with Crippen molar-refractivity contribution in [3.05, 3.63) is 28.8 Å². The van der Waals surface area contributed by atoms with Crippen LogP contribution < -0.4 is 5.32 Å². The van der Waals surface area contributed by atoms with Crippen LogP contribution in [-0.4, -0.2) is 45.8 Å². The maximum absolute atomic E-state index is 12.1. The minimum absolute atomic E-state index is 0.179. The number of benzene rings is 1. The van der Waals surface area contributed by atoms with Gasteiger partial charge in [0.1, 0.15) is 0 Å². The summed E-state index contributed by atoms with van der Waals surface area (Å²) < 4.78 is 0. The molecule has 114 valence electrons. The van der Waals surface area contributed by atoms with Crippen molar-refractivity contribution in [2.24, 2.45) is 0 Å². The highest BCUT2D eigenvalue weighted by atomic mass is 16.4. The third kappa shape index (κ3) is 3.33. The molecule has 1 heterocycles. The molecule has 2 amide bonds. The molecule has 6 nitrogen and oxygen atoms in total. The number of aromatic carboxylic acids is 1. The Balaban J connectivity index is 2.17. The molecule has 0 saturated carbocycles. The summed E-state index contributed by atoms with van der Waals surface area (Å²) in [4.78, 5) is 24.9. The molecule has 1 aromatic carbocycles. The highest BCUT2D eigenvalue weighted by molar-refractivity contribution is 5.94. The molecule has 1 unspecified atom stereocenters. The van der Waals surface area contributed by atoms with Crippen LogP contribution in [0.5, 0.6) is 0 Å². The maximum atomic E-state index is 12.1. The van der Waals surface area contributed by atoms with E-state index in [0.717, 1.165) is 5.56 Å². The summed E-state index contributed by atoms with van der Waals surface area (Å²) >= 11 is 0. The van der Waals surface area contributed by atoms with Gasteiger partial charge in [-0.1, -0.05) is 0 Å². The van der Waals surface area contributed by atoms with E-state index in [1.165, 1.54) is 11.0 Å². The fraction of sp³-hybridized carbons (Fsp3) is 0.467. The Labute approximate surface area is 123 Å². The van der Waals surface area contributed by atoms with Crippen LogP contribution in [0.4, 0.5) is 10.5 Å². The second kappa shape index (κ2) is 5.37. The predicted molar refractivity (Wildman–Crippen MR) is 78.7 cm³/mol. The van der Waals surface area contributed by atoms with E-state index >= 15 is 0 Å². The molecule has 1 aliphatic rings. The molecule has 2 rings (SSSR count). The zero-order valence-corrected chi connectivity index (χ0v) is 12.4. The topological polar surface area (TPSA) is 89.9 Å². The average Bonchev–Trinajstić information content (AvgIpc) is 2.73. The van der Waals surface area contributed by atoms with Crippen molar-refractivity contribution < 1.29 is 19.8 Å². The van der Waals surface area contributed by atoms with Gasteiger partial charge >= 0.3 is 12.0 Å². The van der Waals surface area contributed by atoms with Crippen LogP contribution in [0.2, 0.25) is 0 Å². The first-order chi connectivity index (χ1) is 9.69. The Morgan fingerprint density at radius 3 is 2.52 bits per heavy atom. The molecule has 0 aromatic heterocycles. The van der Waals surface area contributed by atoms with Crippen LogP contribution in [0.3, 0.4) is 0 Å². The normalized spacial score (nSPS) is 21.4. The number of anilines is 1. The summed E-state index contributed by atoms with van der Waals surface area (Å²) in [5, 5.41) is 21.7. The van der Waals surface area contributed by atoms with E-state index in [1.54, 1.807) is 26.8 Å². The third-order valence-electron chi connectivity index (χ3n) is 3.89. The lowest BCUT2D eigenvalue weighted by Gasteiger charge is -2.20. The van der Waals surface area contributed by atoms with E-state index in [-0.39, 0.29) is 18.1 Å². The fourth-order valence-electron chi connectivity index (χ4n) is 2.47. The smallest absolute Gasteiger partial charge is 0.336 e. The molecule has 21 heavy (non-hydrogen) atoms. The highest BCUT2D eigenvalue weighted by Crippen LogP contribution is 2.23. The number of carboxylic acids is 1. The van der Waals surface area contributed by atoms with Gasteiger partial charge in [-0.15, -0.1) is 0 Å². The van der Waals surface area contributed by atoms with Crippen LogP contribution in [0.25, 0.3) is 0 Å². The van der Waals surface area contributed by atoms with Crippen LogP contribution in [0.15, 0.2) is 12.1 Å². The molecule has 0 spiro atoms. The standard InChI is InChI=1S/C15H20N2O4/c1-9-6-11(7-12(10(9)2)13(18)19)16-14(20)17-5-4-15(3,21)8-17/h6-7,21H,4-5,8H2,1-3H3,(H,16,20)(H,18,19). The summed E-state index contributed by atoms with van der Waals surface area (Å²) in [5.41, 5.74) is 1.27.